The molecule has 7 nitrogen and oxygen atoms in total. The fraction of sp³-hybridized carbons (Fsp3) is 0.429. The highest BCUT2D eigenvalue weighted by atomic mass is 15.4. The molecule has 1 fully saturated rings. The zero-order valence-corrected chi connectivity index (χ0v) is 7.36. The Bertz CT molecular complexity index is 472. The maximum Gasteiger partial charge on any atom is 0.224 e. The van der Waals surface area contributed by atoms with Gasteiger partial charge in [0.2, 0.25) is 11.6 Å². The molecule has 0 aromatic carbocycles. The molecule has 0 spiro atoms. The Hall–Kier alpha value is -1.92. The third kappa shape index (κ3) is 1.13. The van der Waals surface area contributed by atoms with Gasteiger partial charge >= 0.3 is 0 Å². The quantitative estimate of drug-likeness (QED) is 0.612. The first-order valence-electron chi connectivity index (χ1n) is 4.43. The summed E-state index contributed by atoms with van der Waals surface area (Å²) in [6, 6.07) is 0.504. The Labute approximate surface area is 79.1 Å². The summed E-state index contributed by atoms with van der Waals surface area (Å²) in [6.45, 7) is 0. The van der Waals surface area contributed by atoms with Gasteiger partial charge in [0.15, 0.2) is 11.3 Å². The molecule has 0 radical (unpaired) electrons. The van der Waals surface area contributed by atoms with Gasteiger partial charge < -0.3 is 11.1 Å². The van der Waals surface area contributed by atoms with Crippen LogP contribution in [0.5, 0.6) is 0 Å². The van der Waals surface area contributed by atoms with E-state index in [0.29, 0.717) is 23.0 Å². The summed E-state index contributed by atoms with van der Waals surface area (Å²) in [6.07, 6.45) is 2.34. The van der Waals surface area contributed by atoms with Crippen LogP contribution in [0.4, 0.5) is 11.8 Å². The summed E-state index contributed by atoms with van der Waals surface area (Å²) >= 11 is 0. The van der Waals surface area contributed by atoms with Crippen LogP contribution in [0.3, 0.4) is 0 Å². The van der Waals surface area contributed by atoms with Crippen LogP contribution in [-0.2, 0) is 0 Å². The lowest BCUT2D eigenvalue weighted by molar-refractivity contribution is 0.954. The zero-order chi connectivity index (χ0) is 9.54. The normalized spacial score (nSPS) is 16.0. The van der Waals surface area contributed by atoms with E-state index in [-0.39, 0.29) is 5.95 Å². The molecule has 0 unspecified atom stereocenters. The van der Waals surface area contributed by atoms with Crippen LogP contribution in [0.25, 0.3) is 11.2 Å². The first kappa shape index (κ1) is 7.48. The first-order chi connectivity index (χ1) is 6.83. The van der Waals surface area contributed by atoms with Crippen molar-refractivity contribution in [3.8, 4) is 0 Å². The van der Waals surface area contributed by atoms with Crippen molar-refractivity contribution < 1.29 is 0 Å². The molecule has 7 heteroatoms. The molecule has 14 heavy (non-hydrogen) atoms. The summed E-state index contributed by atoms with van der Waals surface area (Å²) in [4.78, 5) is 8.03. The smallest absolute Gasteiger partial charge is 0.224 e. The van der Waals surface area contributed by atoms with Gasteiger partial charge in [0.25, 0.3) is 0 Å². The molecule has 1 aliphatic rings. The van der Waals surface area contributed by atoms with E-state index in [1.807, 2.05) is 0 Å². The number of nitrogen functional groups attached to an aromatic ring is 1. The number of rotatable bonds is 2. The van der Waals surface area contributed by atoms with Crippen molar-refractivity contribution in [3.05, 3.63) is 0 Å². The maximum absolute atomic E-state index is 5.54. The van der Waals surface area contributed by atoms with Crippen molar-refractivity contribution in [2.75, 3.05) is 11.1 Å². The van der Waals surface area contributed by atoms with E-state index in [2.05, 4.69) is 30.7 Å². The van der Waals surface area contributed by atoms with E-state index in [1.54, 1.807) is 0 Å². The van der Waals surface area contributed by atoms with E-state index >= 15 is 0 Å². The van der Waals surface area contributed by atoms with Crippen LogP contribution < -0.4 is 11.1 Å². The van der Waals surface area contributed by atoms with Crippen molar-refractivity contribution in [3.63, 3.8) is 0 Å². The molecule has 72 valence electrons. The number of nitrogens with zero attached hydrogens (tertiary/aromatic N) is 4. The predicted octanol–water partition coefficient (Wildman–Crippen LogP) is -0.0956. The monoisotopic (exact) mass is 191 g/mol. The largest absolute Gasteiger partial charge is 0.368 e. The topological polar surface area (TPSA) is 105 Å². The standard InChI is InChI=1S/C7H9N7/c8-7-10-5(9-3-1-2-3)4-6(11-7)13-14-12-4/h3H,1-2H2,(H4,8,9,10,11,12,13,14). The van der Waals surface area contributed by atoms with Crippen molar-refractivity contribution in [2.24, 2.45) is 0 Å². The number of nitrogens with one attached hydrogen (secondary N) is 2. The van der Waals surface area contributed by atoms with Crippen LogP contribution in [0, 0.1) is 0 Å². The number of aromatic nitrogens is 5. The van der Waals surface area contributed by atoms with Gasteiger partial charge in [0.05, 0.1) is 0 Å². The second kappa shape index (κ2) is 2.53. The second-order valence-corrected chi connectivity index (χ2v) is 3.34. The second-order valence-electron chi connectivity index (χ2n) is 3.34. The van der Waals surface area contributed by atoms with Gasteiger partial charge in [-0.1, -0.05) is 0 Å². The molecule has 1 saturated carbocycles. The molecule has 0 amide bonds. The van der Waals surface area contributed by atoms with Gasteiger partial charge in [-0.25, -0.2) is 0 Å². The lowest BCUT2D eigenvalue weighted by atomic mass is 10.4. The Morgan fingerprint density at radius 2 is 2.14 bits per heavy atom. The van der Waals surface area contributed by atoms with Crippen LogP contribution in [-0.4, -0.2) is 31.4 Å². The van der Waals surface area contributed by atoms with Crippen LogP contribution in [0.1, 0.15) is 12.8 Å². The molecular weight excluding hydrogens is 182 g/mol. The summed E-state index contributed by atoms with van der Waals surface area (Å²) in [5, 5.41) is 13.6. The summed E-state index contributed by atoms with van der Waals surface area (Å²) in [7, 11) is 0. The molecule has 0 atom stereocenters. The van der Waals surface area contributed by atoms with E-state index in [9.17, 15) is 0 Å². The molecule has 1 aliphatic carbocycles. The van der Waals surface area contributed by atoms with Crippen molar-refractivity contribution in [1.29, 1.82) is 0 Å². The summed E-state index contributed by atoms with van der Waals surface area (Å²) < 4.78 is 0. The van der Waals surface area contributed by atoms with Crippen LogP contribution in [0.15, 0.2) is 0 Å². The fourth-order valence-electron chi connectivity index (χ4n) is 1.28. The highest BCUT2D eigenvalue weighted by Crippen LogP contribution is 2.26. The number of nitrogens with two attached hydrogens (primary N) is 1. The summed E-state index contributed by atoms with van der Waals surface area (Å²) in [5.41, 5.74) is 6.68. The molecule has 0 saturated heterocycles. The highest BCUT2D eigenvalue weighted by Gasteiger charge is 2.23. The van der Waals surface area contributed by atoms with Gasteiger partial charge in [0, 0.05) is 6.04 Å². The Morgan fingerprint density at radius 1 is 1.29 bits per heavy atom. The van der Waals surface area contributed by atoms with E-state index in [4.69, 9.17) is 5.73 Å². The third-order valence-electron chi connectivity index (χ3n) is 2.12. The molecule has 2 aromatic heterocycles. The molecule has 0 bridgehead atoms. The first-order valence-corrected chi connectivity index (χ1v) is 4.43. The van der Waals surface area contributed by atoms with Crippen molar-refractivity contribution in [1.82, 2.24) is 25.4 Å². The van der Waals surface area contributed by atoms with Gasteiger partial charge in [-0.05, 0) is 12.8 Å². The van der Waals surface area contributed by atoms with Crippen LogP contribution in [0.2, 0.25) is 0 Å². The Kier molecular flexibility index (Phi) is 1.35. The molecule has 0 aliphatic heterocycles. The van der Waals surface area contributed by atoms with Crippen molar-refractivity contribution >= 4 is 22.9 Å². The highest BCUT2D eigenvalue weighted by molar-refractivity contribution is 5.82. The minimum atomic E-state index is 0.217. The Morgan fingerprint density at radius 3 is 2.93 bits per heavy atom. The van der Waals surface area contributed by atoms with Gasteiger partial charge in [0.1, 0.15) is 0 Å². The Balaban J connectivity index is 2.13. The lowest BCUT2D eigenvalue weighted by Gasteiger charge is -2.02. The lowest BCUT2D eigenvalue weighted by Crippen LogP contribution is -2.06. The minimum Gasteiger partial charge on any atom is -0.368 e. The number of H-pyrrole nitrogens is 1. The number of anilines is 2. The van der Waals surface area contributed by atoms with Crippen LogP contribution >= 0.6 is 0 Å². The minimum absolute atomic E-state index is 0.217. The SMILES string of the molecule is Nc1nc(NC2CC2)c2n[nH]nc2n1. The maximum atomic E-state index is 5.54. The molecular formula is C7H9N7. The number of hydrogen-bond donors (Lipinski definition) is 3. The van der Waals surface area contributed by atoms with E-state index in [0.717, 1.165) is 0 Å². The average Bonchev–Trinajstić information content (AvgIpc) is 2.81. The third-order valence-corrected chi connectivity index (χ3v) is 2.12. The van der Waals surface area contributed by atoms with Gasteiger partial charge in [-0.15, -0.1) is 5.10 Å². The molecule has 4 N–H and O–H groups in total. The van der Waals surface area contributed by atoms with Crippen molar-refractivity contribution in [2.45, 2.75) is 18.9 Å². The predicted molar refractivity (Wildman–Crippen MR) is 50.5 cm³/mol. The van der Waals surface area contributed by atoms with E-state index < -0.39 is 0 Å². The fourth-order valence-corrected chi connectivity index (χ4v) is 1.28. The molecule has 2 heterocycles. The molecule has 2 aromatic rings. The molecule has 3 rings (SSSR count). The average molecular weight is 191 g/mol. The number of fused-ring (bicyclic) bond motifs is 1. The van der Waals surface area contributed by atoms with Gasteiger partial charge in [-0.3, -0.25) is 0 Å². The zero-order valence-electron chi connectivity index (χ0n) is 7.36. The number of aromatic amines is 1. The van der Waals surface area contributed by atoms with E-state index in [1.165, 1.54) is 12.8 Å². The summed E-state index contributed by atoms with van der Waals surface area (Å²) in [5.74, 6) is 0.887. The number of hydrogen-bond acceptors (Lipinski definition) is 6. The van der Waals surface area contributed by atoms with Gasteiger partial charge in [-0.2, -0.15) is 20.3 Å².